The molecule has 0 aliphatic carbocycles. The number of hydrogen-bond acceptors (Lipinski definition) is 5. The molecular formula is C12H6KO6S. The Morgan fingerprint density at radius 3 is 2.35 bits per heavy atom. The summed E-state index contributed by atoms with van der Waals surface area (Å²) in [5.74, 6) is -1.92. The van der Waals surface area contributed by atoms with Crippen molar-refractivity contribution in [1.29, 1.82) is 0 Å². The van der Waals surface area contributed by atoms with Crippen molar-refractivity contribution in [2.45, 2.75) is 4.90 Å². The maximum Gasteiger partial charge on any atom is 0.348 e. The largest absolute Gasteiger partial charge is 0.386 e. The summed E-state index contributed by atoms with van der Waals surface area (Å²) < 4.78 is 36.2. The molecule has 0 bridgehead atoms. The van der Waals surface area contributed by atoms with Crippen LogP contribution < -0.4 is 0 Å². The number of carbonyl (C=O) groups is 2. The van der Waals surface area contributed by atoms with Gasteiger partial charge in [0.15, 0.2) is 0 Å². The van der Waals surface area contributed by atoms with Crippen molar-refractivity contribution < 1.29 is 27.3 Å². The molecule has 0 fully saturated rings. The molecule has 2 aromatic carbocycles. The SMILES string of the molecule is O=C1OC(=O)c2c(S(=O)(=O)O)ccc3cccc1c23.[K]. The van der Waals surface area contributed by atoms with Crippen LogP contribution in [0.25, 0.3) is 10.8 Å². The molecule has 6 nitrogen and oxygen atoms in total. The maximum absolute atomic E-state index is 11.7. The van der Waals surface area contributed by atoms with Gasteiger partial charge in [0.25, 0.3) is 10.1 Å². The minimum absolute atomic E-state index is 0. The molecule has 1 aliphatic rings. The fourth-order valence-electron chi connectivity index (χ4n) is 2.14. The smallest absolute Gasteiger partial charge is 0.348 e. The van der Waals surface area contributed by atoms with Crippen molar-refractivity contribution in [1.82, 2.24) is 0 Å². The van der Waals surface area contributed by atoms with Crippen LogP contribution in [0.3, 0.4) is 0 Å². The van der Waals surface area contributed by atoms with Crippen LogP contribution in [0.1, 0.15) is 20.7 Å². The Morgan fingerprint density at radius 1 is 1.00 bits per heavy atom. The van der Waals surface area contributed by atoms with Gasteiger partial charge in [0.2, 0.25) is 0 Å². The third-order valence-corrected chi connectivity index (χ3v) is 3.79. The summed E-state index contributed by atoms with van der Waals surface area (Å²) in [5, 5.41) is 0.698. The molecule has 2 aromatic rings. The summed E-state index contributed by atoms with van der Waals surface area (Å²) in [6, 6.07) is 7.16. The summed E-state index contributed by atoms with van der Waals surface area (Å²) in [6.45, 7) is 0. The van der Waals surface area contributed by atoms with Gasteiger partial charge in [0, 0.05) is 56.8 Å². The van der Waals surface area contributed by atoms with Gasteiger partial charge in [-0.2, -0.15) is 8.42 Å². The van der Waals surface area contributed by atoms with E-state index in [0.717, 1.165) is 6.07 Å². The van der Waals surface area contributed by atoms with E-state index in [1.165, 1.54) is 12.1 Å². The van der Waals surface area contributed by atoms with Crippen molar-refractivity contribution in [3.05, 3.63) is 41.5 Å². The molecule has 0 saturated heterocycles. The molecule has 0 spiro atoms. The summed E-state index contributed by atoms with van der Waals surface area (Å²) in [4.78, 5) is 22.8. The zero-order chi connectivity index (χ0) is 13.8. The molecule has 1 aliphatic heterocycles. The normalized spacial score (nSPS) is 13.8. The van der Waals surface area contributed by atoms with Gasteiger partial charge < -0.3 is 4.74 Å². The molecule has 97 valence electrons. The number of rotatable bonds is 1. The minimum atomic E-state index is -4.58. The molecule has 3 rings (SSSR count). The second kappa shape index (κ2) is 5.30. The molecule has 0 atom stereocenters. The first-order valence-corrected chi connectivity index (χ1v) is 6.63. The third kappa shape index (κ3) is 2.37. The Hall–Kier alpha value is -0.614. The van der Waals surface area contributed by atoms with E-state index in [0.29, 0.717) is 5.39 Å². The number of hydrogen-bond donors (Lipinski definition) is 1. The molecule has 8 heteroatoms. The molecule has 0 saturated carbocycles. The van der Waals surface area contributed by atoms with Gasteiger partial charge in [-0.25, -0.2) is 9.59 Å². The van der Waals surface area contributed by atoms with Gasteiger partial charge in [0.1, 0.15) is 4.90 Å². The Bertz CT molecular complexity index is 856. The van der Waals surface area contributed by atoms with Crippen molar-refractivity contribution in [3.63, 3.8) is 0 Å². The van der Waals surface area contributed by atoms with Crippen LogP contribution in [0.2, 0.25) is 0 Å². The fourth-order valence-corrected chi connectivity index (χ4v) is 2.82. The third-order valence-electron chi connectivity index (χ3n) is 2.89. The van der Waals surface area contributed by atoms with E-state index >= 15 is 0 Å². The van der Waals surface area contributed by atoms with E-state index < -0.39 is 27.0 Å². The number of carbonyl (C=O) groups excluding carboxylic acids is 2. The summed E-state index contributed by atoms with van der Waals surface area (Å²) in [5.41, 5.74) is -0.215. The summed E-state index contributed by atoms with van der Waals surface area (Å²) in [7, 11) is -4.58. The average Bonchev–Trinajstić information content (AvgIpc) is 2.33. The van der Waals surface area contributed by atoms with Crippen LogP contribution in [0, 0.1) is 0 Å². The monoisotopic (exact) mass is 317 g/mol. The number of cyclic esters (lactones) is 2. The first kappa shape index (κ1) is 15.8. The fraction of sp³-hybridized carbons (Fsp3) is 0. The molecule has 20 heavy (non-hydrogen) atoms. The molecule has 1 N–H and O–H groups in total. The Labute approximate surface area is 156 Å². The van der Waals surface area contributed by atoms with Gasteiger partial charge in [-0.1, -0.05) is 18.2 Å². The summed E-state index contributed by atoms with van der Waals surface area (Å²) in [6.07, 6.45) is 0. The van der Waals surface area contributed by atoms with Crippen molar-refractivity contribution in [2.75, 3.05) is 0 Å². The molecular weight excluding hydrogens is 311 g/mol. The zero-order valence-corrected chi connectivity index (χ0v) is 14.2. The van der Waals surface area contributed by atoms with Gasteiger partial charge in [-0.15, -0.1) is 0 Å². The van der Waals surface area contributed by atoms with E-state index in [1.54, 1.807) is 12.1 Å². The van der Waals surface area contributed by atoms with Gasteiger partial charge >= 0.3 is 11.9 Å². The zero-order valence-electron chi connectivity index (χ0n) is 10.3. The van der Waals surface area contributed by atoms with Gasteiger partial charge in [-0.3, -0.25) is 4.55 Å². The van der Waals surface area contributed by atoms with Crippen LogP contribution in [0.4, 0.5) is 0 Å². The van der Waals surface area contributed by atoms with E-state index in [-0.39, 0.29) is 67.9 Å². The molecule has 1 radical (unpaired) electrons. The molecule has 0 aromatic heterocycles. The van der Waals surface area contributed by atoms with Crippen molar-refractivity contribution in [2.24, 2.45) is 0 Å². The van der Waals surface area contributed by atoms with E-state index in [4.69, 9.17) is 4.55 Å². The molecule has 1 heterocycles. The van der Waals surface area contributed by atoms with E-state index in [9.17, 15) is 18.0 Å². The number of ether oxygens (including phenoxy) is 1. The standard InChI is InChI=1S/C12H6O6S.K/c13-11-7-3-1-2-6-4-5-8(19(15,16)17)10(9(6)7)12(14)18-11;/h1-5H,(H,15,16,17);. The number of benzene rings is 2. The van der Waals surface area contributed by atoms with Crippen LogP contribution in [0.5, 0.6) is 0 Å². The quantitative estimate of drug-likeness (QED) is 0.365. The van der Waals surface area contributed by atoms with Gasteiger partial charge in [-0.05, 0) is 17.5 Å². The summed E-state index contributed by atoms with van der Waals surface area (Å²) >= 11 is 0. The molecule has 0 unspecified atom stereocenters. The Balaban J connectivity index is 0.00000147. The minimum Gasteiger partial charge on any atom is -0.386 e. The topological polar surface area (TPSA) is 97.7 Å². The Morgan fingerprint density at radius 2 is 1.70 bits per heavy atom. The second-order valence-corrected chi connectivity index (χ2v) is 5.38. The van der Waals surface area contributed by atoms with Crippen LogP contribution >= 0.6 is 0 Å². The van der Waals surface area contributed by atoms with Gasteiger partial charge in [0.05, 0.1) is 11.1 Å². The average molecular weight is 317 g/mol. The van der Waals surface area contributed by atoms with Crippen LogP contribution in [-0.2, 0) is 14.9 Å². The van der Waals surface area contributed by atoms with Crippen molar-refractivity contribution in [3.8, 4) is 0 Å². The van der Waals surface area contributed by atoms with E-state index in [1.807, 2.05) is 0 Å². The first-order valence-electron chi connectivity index (χ1n) is 5.19. The van der Waals surface area contributed by atoms with Crippen molar-refractivity contribution >= 4 is 84.2 Å². The predicted molar refractivity (Wildman–Crippen MR) is 69.3 cm³/mol. The van der Waals surface area contributed by atoms with E-state index in [2.05, 4.69) is 4.74 Å². The van der Waals surface area contributed by atoms with Crippen LogP contribution in [-0.4, -0.2) is 76.3 Å². The second-order valence-electron chi connectivity index (χ2n) is 3.99. The van der Waals surface area contributed by atoms with Crippen LogP contribution in [0.15, 0.2) is 35.2 Å². The maximum atomic E-state index is 11.7. The molecule has 0 amide bonds. The first-order chi connectivity index (χ1) is 8.89. The number of esters is 2. The predicted octanol–water partition coefficient (Wildman–Crippen LogP) is 1.02. The Kier molecular flexibility index (Phi) is 4.18.